The van der Waals surface area contributed by atoms with Crippen molar-refractivity contribution in [2.75, 3.05) is 7.11 Å². The Kier molecular flexibility index (Phi) is 2.57. The van der Waals surface area contributed by atoms with Gasteiger partial charge in [-0.2, -0.15) is 5.10 Å². The van der Waals surface area contributed by atoms with E-state index in [0.717, 1.165) is 28.0 Å². The molecule has 0 amide bonds. The van der Waals surface area contributed by atoms with Crippen molar-refractivity contribution in [3.05, 3.63) is 59.7 Å². The van der Waals surface area contributed by atoms with Gasteiger partial charge in [-0.1, -0.05) is 48.5 Å². The molecular weight excluding hydrogens is 276 g/mol. The van der Waals surface area contributed by atoms with E-state index in [0.29, 0.717) is 5.71 Å². The first-order valence-corrected chi connectivity index (χ1v) is 7.12. The lowest BCUT2D eigenvalue weighted by atomic mass is 9.65. The van der Waals surface area contributed by atoms with Crippen LogP contribution in [0.3, 0.4) is 0 Å². The fourth-order valence-electron chi connectivity index (χ4n) is 3.41. The van der Waals surface area contributed by atoms with Crippen molar-refractivity contribution in [3.63, 3.8) is 0 Å². The van der Waals surface area contributed by atoms with E-state index < -0.39 is 11.4 Å². The molecule has 4 nitrogen and oxygen atoms in total. The molecule has 2 aliphatic rings. The summed E-state index contributed by atoms with van der Waals surface area (Å²) in [5, 5.41) is 8.47. The third-order valence-electron chi connectivity index (χ3n) is 4.51. The summed E-state index contributed by atoms with van der Waals surface area (Å²) in [6.45, 7) is 1.99. The number of esters is 1. The van der Waals surface area contributed by atoms with E-state index >= 15 is 0 Å². The van der Waals surface area contributed by atoms with Gasteiger partial charge >= 0.3 is 5.97 Å². The van der Waals surface area contributed by atoms with E-state index in [9.17, 15) is 4.79 Å². The van der Waals surface area contributed by atoms with E-state index in [1.807, 2.05) is 43.3 Å². The molecule has 0 fully saturated rings. The number of carbonyl (C=O) groups is 1. The van der Waals surface area contributed by atoms with Gasteiger partial charge < -0.3 is 4.74 Å². The van der Waals surface area contributed by atoms with E-state index in [-0.39, 0.29) is 0 Å². The average Bonchev–Trinajstić information content (AvgIpc) is 2.93. The zero-order chi connectivity index (χ0) is 15.3. The largest absolute Gasteiger partial charge is 0.464 e. The van der Waals surface area contributed by atoms with Crippen LogP contribution in [-0.2, 0) is 14.9 Å². The van der Waals surface area contributed by atoms with Gasteiger partial charge in [-0.05, 0) is 23.6 Å². The van der Waals surface area contributed by atoms with Crippen LogP contribution in [0.4, 0.5) is 0 Å². The second kappa shape index (κ2) is 4.37. The molecule has 108 valence electrons. The second-order valence-corrected chi connectivity index (χ2v) is 5.60. The number of carbonyl (C=O) groups excluding carboxylic acids is 1. The van der Waals surface area contributed by atoms with Crippen molar-refractivity contribution in [1.82, 2.24) is 0 Å². The molecule has 1 aliphatic heterocycles. The number of benzene rings is 2. The summed E-state index contributed by atoms with van der Waals surface area (Å²) in [4.78, 5) is 12.2. The maximum atomic E-state index is 12.2. The Bertz CT molecular complexity index is 867. The quantitative estimate of drug-likeness (QED) is 0.758. The van der Waals surface area contributed by atoms with Crippen LogP contribution in [0.25, 0.3) is 11.1 Å². The van der Waals surface area contributed by atoms with Gasteiger partial charge in [-0.15, -0.1) is 5.10 Å². The third kappa shape index (κ3) is 1.44. The molecule has 0 saturated carbocycles. The van der Waals surface area contributed by atoms with Gasteiger partial charge in [0.2, 0.25) is 0 Å². The maximum Gasteiger partial charge on any atom is 0.355 e. The van der Waals surface area contributed by atoms with Crippen molar-refractivity contribution in [2.45, 2.75) is 12.3 Å². The first-order valence-electron chi connectivity index (χ1n) is 7.12. The lowest BCUT2D eigenvalue weighted by Gasteiger charge is -2.34. The van der Waals surface area contributed by atoms with Gasteiger partial charge in [0.15, 0.2) is 5.71 Å². The minimum atomic E-state index is -0.669. The number of ether oxygens (including phenoxy) is 1. The molecular formula is C18H14N2O2. The SMILES string of the molecule is COC(=O)C1=NN=C2c3ccccc3-c3ccccc3C12C. The summed E-state index contributed by atoms with van der Waals surface area (Å²) in [6, 6.07) is 16.2. The molecule has 1 heterocycles. The smallest absolute Gasteiger partial charge is 0.355 e. The van der Waals surface area contributed by atoms with Crippen molar-refractivity contribution in [1.29, 1.82) is 0 Å². The Balaban J connectivity index is 2.05. The van der Waals surface area contributed by atoms with Gasteiger partial charge in [0.25, 0.3) is 0 Å². The van der Waals surface area contributed by atoms with Crippen LogP contribution in [0.15, 0.2) is 58.7 Å². The Labute approximate surface area is 128 Å². The molecule has 0 bridgehead atoms. The molecule has 22 heavy (non-hydrogen) atoms. The summed E-state index contributed by atoms with van der Waals surface area (Å²) < 4.78 is 4.91. The Morgan fingerprint density at radius 2 is 1.59 bits per heavy atom. The molecule has 1 unspecified atom stereocenters. The van der Waals surface area contributed by atoms with E-state index in [1.165, 1.54) is 7.11 Å². The normalized spacial score (nSPS) is 21.2. The fourth-order valence-corrected chi connectivity index (χ4v) is 3.41. The van der Waals surface area contributed by atoms with Crippen LogP contribution in [0.1, 0.15) is 18.1 Å². The van der Waals surface area contributed by atoms with E-state index in [4.69, 9.17) is 4.74 Å². The first-order chi connectivity index (χ1) is 10.7. The van der Waals surface area contributed by atoms with Crippen LogP contribution in [0.5, 0.6) is 0 Å². The summed E-state index contributed by atoms with van der Waals surface area (Å²) in [6.07, 6.45) is 0. The van der Waals surface area contributed by atoms with Gasteiger partial charge in [0.1, 0.15) is 0 Å². The van der Waals surface area contributed by atoms with Crippen LogP contribution in [-0.4, -0.2) is 24.5 Å². The predicted octanol–water partition coefficient (Wildman–Crippen LogP) is 2.96. The molecule has 2 aromatic rings. The second-order valence-electron chi connectivity index (χ2n) is 5.60. The molecule has 0 aromatic heterocycles. The average molecular weight is 290 g/mol. The highest BCUT2D eigenvalue weighted by atomic mass is 16.5. The van der Waals surface area contributed by atoms with Crippen LogP contribution in [0, 0.1) is 0 Å². The minimum Gasteiger partial charge on any atom is -0.464 e. The molecule has 4 heteroatoms. The molecule has 0 spiro atoms. The maximum absolute atomic E-state index is 12.2. The zero-order valence-electron chi connectivity index (χ0n) is 12.3. The highest BCUT2D eigenvalue weighted by molar-refractivity contribution is 6.49. The minimum absolute atomic E-state index is 0.340. The summed E-state index contributed by atoms with van der Waals surface area (Å²) in [5.74, 6) is -0.435. The van der Waals surface area contributed by atoms with Crippen molar-refractivity contribution >= 4 is 17.4 Å². The molecule has 0 saturated heterocycles. The standard InChI is InChI=1S/C18H14N2O2/c1-18-14-10-6-5-8-12(14)11-7-3-4-9-13(11)15(18)19-20-16(18)17(21)22-2/h3-10H,1-2H3. The zero-order valence-corrected chi connectivity index (χ0v) is 12.3. The van der Waals surface area contributed by atoms with E-state index in [1.54, 1.807) is 0 Å². The summed E-state index contributed by atoms with van der Waals surface area (Å²) >= 11 is 0. The number of fused-ring (bicyclic) bond motifs is 6. The summed E-state index contributed by atoms with van der Waals surface area (Å²) in [7, 11) is 1.37. The van der Waals surface area contributed by atoms with Gasteiger partial charge in [0.05, 0.1) is 18.2 Å². The van der Waals surface area contributed by atoms with Crippen LogP contribution < -0.4 is 0 Å². The number of hydrogen-bond donors (Lipinski definition) is 0. The highest BCUT2D eigenvalue weighted by Gasteiger charge is 2.50. The Morgan fingerprint density at radius 3 is 2.32 bits per heavy atom. The topological polar surface area (TPSA) is 51.0 Å². The lowest BCUT2D eigenvalue weighted by molar-refractivity contribution is -0.133. The third-order valence-corrected chi connectivity index (χ3v) is 4.51. The molecule has 1 aliphatic carbocycles. The molecule has 0 radical (unpaired) electrons. The number of hydrogen-bond acceptors (Lipinski definition) is 4. The highest BCUT2D eigenvalue weighted by Crippen LogP contribution is 2.46. The van der Waals surface area contributed by atoms with Crippen molar-refractivity contribution in [3.8, 4) is 11.1 Å². The molecule has 1 atom stereocenters. The molecule has 4 rings (SSSR count). The number of methoxy groups -OCH3 is 1. The predicted molar refractivity (Wildman–Crippen MR) is 85.2 cm³/mol. The Hall–Kier alpha value is -2.75. The monoisotopic (exact) mass is 290 g/mol. The number of nitrogens with zero attached hydrogens (tertiary/aromatic N) is 2. The van der Waals surface area contributed by atoms with E-state index in [2.05, 4.69) is 22.3 Å². The molecule has 2 aromatic carbocycles. The first kappa shape index (κ1) is 13.0. The lowest BCUT2D eigenvalue weighted by Crippen LogP contribution is -2.45. The molecule has 0 N–H and O–H groups in total. The van der Waals surface area contributed by atoms with Crippen molar-refractivity contribution in [2.24, 2.45) is 10.2 Å². The fraction of sp³-hybridized carbons (Fsp3) is 0.167. The number of rotatable bonds is 1. The van der Waals surface area contributed by atoms with Crippen LogP contribution >= 0.6 is 0 Å². The van der Waals surface area contributed by atoms with Crippen LogP contribution in [0.2, 0.25) is 0 Å². The van der Waals surface area contributed by atoms with Gasteiger partial charge in [0, 0.05) is 5.56 Å². The Morgan fingerprint density at radius 1 is 0.955 bits per heavy atom. The summed E-state index contributed by atoms with van der Waals surface area (Å²) in [5.41, 5.74) is 4.77. The van der Waals surface area contributed by atoms with Gasteiger partial charge in [-0.3, -0.25) is 0 Å². The van der Waals surface area contributed by atoms with Gasteiger partial charge in [-0.25, -0.2) is 4.79 Å². The van der Waals surface area contributed by atoms with Crippen molar-refractivity contribution < 1.29 is 9.53 Å².